The lowest BCUT2D eigenvalue weighted by Gasteiger charge is -2.32. The van der Waals surface area contributed by atoms with Crippen LogP contribution >= 0.6 is 0 Å². The summed E-state index contributed by atoms with van der Waals surface area (Å²) in [6.45, 7) is 15.3. The third-order valence-corrected chi connectivity index (χ3v) is 8.02. The molecule has 1 fully saturated rings. The number of likely N-dealkylation sites (N-methyl/N-ethyl adjacent to an activating group) is 1. The molecule has 1 aliphatic heterocycles. The van der Waals surface area contributed by atoms with E-state index >= 15 is 0 Å². The highest BCUT2D eigenvalue weighted by Crippen LogP contribution is 2.36. The van der Waals surface area contributed by atoms with Crippen molar-refractivity contribution in [2.24, 2.45) is 11.6 Å². The van der Waals surface area contributed by atoms with Crippen LogP contribution in [-0.4, -0.2) is 74.1 Å². The molecule has 1 aromatic heterocycles. The first-order valence-electron chi connectivity index (χ1n) is 15.1. The van der Waals surface area contributed by atoms with Gasteiger partial charge in [0, 0.05) is 81.1 Å². The average Bonchev–Trinajstić information content (AvgIpc) is 3.00. The zero-order chi connectivity index (χ0) is 31.9. The van der Waals surface area contributed by atoms with Crippen LogP contribution < -0.4 is 32.0 Å². The highest BCUT2D eigenvalue weighted by Gasteiger charge is 2.22. The van der Waals surface area contributed by atoms with Gasteiger partial charge >= 0.3 is 0 Å². The number of piperazine rings is 1. The standard InChI is InChI=1S/C34H48N8O2/c1-24-9-10-25(19-31(24)42(36)23-29(35)26-8-7-11-37-21-26)33(43)39-30-20-28(34(2,3)4)18-27(32(30)44-6)22-38-12-13-41-16-14-40(5)15-17-41/h7-11,18-21,23,38H,12-17,22,35-36H2,1-6H3,(H,39,43)/b29-23-. The summed E-state index contributed by atoms with van der Waals surface area (Å²) in [5.41, 5.74) is 12.1. The number of aryl methyl sites for hydroxylation is 1. The number of nitrogens with one attached hydrogen (secondary N) is 2. The van der Waals surface area contributed by atoms with Gasteiger partial charge in [-0.3, -0.25) is 19.7 Å². The molecule has 0 bridgehead atoms. The summed E-state index contributed by atoms with van der Waals surface area (Å²) in [5, 5.41) is 8.14. The van der Waals surface area contributed by atoms with Crippen molar-refractivity contribution >= 4 is 23.0 Å². The van der Waals surface area contributed by atoms with Gasteiger partial charge in [-0.15, -0.1) is 0 Å². The van der Waals surface area contributed by atoms with Crippen molar-refractivity contribution in [3.63, 3.8) is 0 Å². The van der Waals surface area contributed by atoms with Crippen LogP contribution in [0.25, 0.3) is 5.70 Å². The maximum Gasteiger partial charge on any atom is 0.255 e. The summed E-state index contributed by atoms with van der Waals surface area (Å²) in [5.74, 6) is 6.78. The Morgan fingerprint density at radius 2 is 1.86 bits per heavy atom. The van der Waals surface area contributed by atoms with Gasteiger partial charge in [0.15, 0.2) is 0 Å². The summed E-state index contributed by atoms with van der Waals surface area (Å²) in [6.07, 6.45) is 4.98. The molecular weight excluding hydrogens is 552 g/mol. The van der Waals surface area contributed by atoms with Gasteiger partial charge in [0.25, 0.3) is 5.91 Å². The van der Waals surface area contributed by atoms with Crippen molar-refractivity contribution in [2.45, 2.75) is 39.7 Å². The number of hydrazine groups is 1. The molecule has 44 heavy (non-hydrogen) atoms. The number of methoxy groups -OCH3 is 1. The van der Waals surface area contributed by atoms with Crippen LogP contribution in [0.4, 0.5) is 11.4 Å². The van der Waals surface area contributed by atoms with Crippen LogP contribution in [0.1, 0.15) is 53.4 Å². The van der Waals surface area contributed by atoms with Gasteiger partial charge in [0.1, 0.15) is 5.75 Å². The fraction of sp³-hybridized carbons (Fsp3) is 0.412. The summed E-state index contributed by atoms with van der Waals surface area (Å²) in [4.78, 5) is 22.6. The largest absolute Gasteiger partial charge is 0.494 e. The summed E-state index contributed by atoms with van der Waals surface area (Å²) in [7, 11) is 3.81. The number of nitrogens with zero attached hydrogens (tertiary/aromatic N) is 4. The van der Waals surface area contributed by atoms with Gasteiger partial charge in [-0.2, -0.15) is 0 Å². The summed E-state index contributed by atoms with van der Waals surface area (Å²) in [6, 6.07) is 13.3. The van der Waals surface area contributed by atoms with E-state index in [9.17, 15) is 4.79 Å². The molecule has 236 valence electrons. The van der Waals surface area contributed by atoms with Crippen molar-refractivity contribution in [1.82, 2.24) is 20.1 Å². The third kappa shape index (κ3) is 8.57. The van der Waals surface area contributed by atoms with E-state index in [2.05, 4.69) is 59.3 Å². The fourth-order valence-electron chi connectivity index (χ4n) is 5.17. The molecule has 6 N–H and O–H groups in total. The lowest BCUT2D eigenvalue weighted by atomic mass is 9.85. The predicted molar refractivity (Wildman–Crippen MR) is 180 cm³/mol. The van der Waals surface area contributed by atoms with Gasteiger partial charge in [-0.05, 0) is 60.8 Å². The second-order valence-electron chi connectivity index (χ2n) is 12.5. The highest BCUT2D eigenvalue weighted by molar-refractivity contribution is 6.06. The Balaban J connectivity index is 1.53. The first-order chi connectivity index (χ1) is 21.0. The molecule has 1 aliphatic rings. The maximum absolute atomic E-state index is 13.6. The van der Waals surface area contributed by atoms with E-state index < -0.39 is 0 Å². The topological polar surface area (TPSA) is 125 Å². The normalized spacial score (nSPS) is 14.8. The number of aromatic nitrogens is 1. The van der Waals surface area contributed by atoms with Crippen molar-refractivity contribution < 1.29 is 9.53 Å². The van der Waals surface area contributed by atoms with Crippen molar-refractivity contribution in [3.05, 3.63) is 88.9 Å². The molecule has 3 aromatic rings. The van der Waals surface area contributed by atoms with Crippen LogP contribution in [0.3, 0.4) is 0 Å². The summed E-state index contributed by atoms with van der Waals surface area (Å²) >= 11 is 0. The molecule has 4 rings (SSSR count). The second kappa shape index (κ2) is 14.7. The van der Waals surface area contributed by atoms with E-state index in [0.29, 0.717) is 34.9 Å². The van der Waals surface area contributed by atoms with Gasteiger partial charge in [0.05, 0.1) is 24.2 Å². The minimum absolute atomic E-state index is 0.127. The van der Waals surface area contributed by atoms with Crippen LogP contribution in [0, 0.1) is 6.92 Å². The zero-order valence-corrected chi connectivity index (χ0v) is 27.0. The SMILES string of the molecule is COc1c(CNCCN2CCN(C)CC2)cc(C(C)(C)C)cc1NC(=O)c1ccc(C)c(N(N)/C=C(\N)c2cccnc2)c1. The number of ether oxygens (including phenoxy) is 1. The number of pyridine rings is 1. The predicted octanol–water partition coefficient (Wildman–Crippen LogP) is 3.92. The minimum atomic E-state index is -0.262. The van der Waals surface area contributed by atoms with E-state index in [1.165, 1.54) is 5.01 Å². The molecule has 10 heteroatoms. The molecule has 1 amide bonds. The van der Waals surface area contributed by atoms with Gasteiger partial charge in [-0.25, -0.2) is 5.84 Å². The van der Waals surface area contributed by atoms with Crippen molar-refractivity contribution in [1.29, 1.82) is 0 Å². The number of carbonyl (C=O) groups excluding carboxylic acids is 1. The fourth-order valence-corrected chi connectivity index (χ4v) is 5.17. The Hall–Kier alpha value is -3.96. The first-order valence-corrected chi connectivity index (χ1v) is 15.1. The van der Waals surface area contributed by atoms with Gasteiger partial charge < -0.3 is 26.0 Å². The van der Waals surface area contributed by atoms with Gasteiger partial charge in [0.2, 0.25) is 0 Å². The molecule has 0 atom stereocenters. The Morgan fingerprint density at radius 3 is 2.52 bits per heavy atom. The van der Waals surface area contributed by atoms with E-state index in [1.807, 2.05) is 31.2 Å². The number of hydrogen-bond acceptors (Lipinski definition) is 9. The molecule has 2 heterocycles. The van der Waals surface area contributed by atoms with Gasteiger partial charge in [-0.1, -0.05) is 32.9 Å². The average molecular weight is 601 g/mol. The monoisotopic (exact) mass is 600 g/mol. The van der Waals surface area contributed by atoms with E-state index in [-0.39, 0.29) is 11.3 Å². The Bertz CT molecular complexity index is 1440. The number of rotatable bonds is 11. The zero-order valence-electron chi connectivity index (χ0n) is 27.0. The lowest BCUT2D eigenvalue weighted by molar-refractivity contribution is 0.102. The van der Waals surface area contributed by atoms with Crippen LogP contribution in [0.15, 0.2) is 61.1 Å². The van der Waals surface area contributed by atoms with E-state index in [1.54, 1.807) is 37.8 Å². The number of amides is 1. The third-order valence-electron chi connectivity index (χ3n) is 8.02. The lowest BCUT2D eigenvalue weighted by Crippen LogP contribution is -2.46. The molecule has 0 spiro atoms. The molecule has 0 unspecified atom stereocenters. The van der Waals surface area contributed by atoms with E-state index in [0.717, 1.165) is 61.5 Å². The molecular formula is C34H48N8O2. The number of hydrogen-bond donors (Lipinski definition) is 4. The van der Waals surface area contributed by atoms with Crippen LogP contribution in [0.5, 0.6) is 5.75 Å². The molecule has 0 aliphatic carbocycles. The smallest absolute Gasteiger partial charge is 0.255 e. The first kappa shape index (κ1) is 32.9. The quantitative estimate of drug-likeness (QED) is 0.147. The number of carbonyl (C=O) groups is 1. The highest BCUT2D eigenvalue weighted by atomic mass is 16.5. The minimum Gasteiger partial charge on any atom is -0.494 e. The Morgan fingerprint density at radius 1 is 1.11 bits per heavy atom. The van der Waals surface area contributed by atoms with Crippen molar-refractivity contribution in [2.75, 3.05) is 63.8 Å². The van der Waals surface area contributed by atoms with E-state index in [4.69, 9.17) is 16.3 Å². The molecule has 0 radical (unpaired) electrons. The van der Waals surface area contributed by atoms with Crippen LogP contribution in [-0.2, 0) is 12.0 Å². The Kier molecular flexibility index (Phi) is 11.0. The van der Waals surface area contributed by atoms with Crippen LogP contribution in [0.2, 0.25) is 0 Å². The molecule has 2 aromatic carbocycles. The summed E-state index contributed by atoms with van der Waals surface area (Å²) < 4.78 is 5.88. The number of nitrogens with two attached hydrogens (primary N) is 2. The number of benzene rings is 2. The Labute approximate surface area is 262 Å². The maximum atomic E-state index is 13.6. The molecule has 0 saturated carbocycles. The molecule has 1 saturated heterocycles. The molecule has 10 nitrogen and oxygen atoms in total. The van der Waals surface area contributed by atoms with Crippen molar-refractivity contribution in [3.8, 4) is 5.75 Å². The number of anilines is 2. The second-order valence-corrected chi connectivity index (χ2v) is 12.5.